The number of rotatable bonds is 7. The van der Waals surface area contributed by atoms with Crippen LogP contribution in [0.25, 0.3) is 0 Å². The fraction of sp³-hybridized carbons (Fsp3) is 0.857. The van der Waals surface area contributed by atoms with Gasteiger partial charge >= 0.3 is 5.97 Å². The van der Waals surface area contributed by atoms with Crippen LogP contribution in [0.5, 0.6) is 0 Å². The van der Waals surface area contributed by atoms with Gasteiger partial charge in [0.15, 0.2) is 0 Å². The Morgan fingerprint density at radius 1 is 1.28 bits per heavy atom. The quantitative estimate of drug-likeness (QED) is 0.734. The average molecular weight is 255 g/mol. The fourth-order valence-corrected chi connectivity index (χ4v) is 2.73. The van der Waals surface area contributed by atoms with Gasteiger partial charge in [0.2, 0.25) is 5.91 Å². The van der Waals surface area contributed by atoms with Crippen molar-refractivity contribution in [1.82, 2.24) is 5.32 Å². The lowest BCUT2D eigenvalue weighted by molar-refractivity contribution is -0.137. The Morgan fingerprint density at radius 3 is 2.72 bits per heavy atom. The molecule has 2 N–H and O–H groups in total. The second-order valence-electron chi connectivity index (χ2n) is 5.52. The van der Waals surface area contributed by atoms with E-state index in [9.17, 15) is 9.59 Å². The van der Waals surface area contributed by atoms with Crippen molar-refractivity contribution in [3.8, 4) is 0 Å². The molecule has 18 heavy (non-hydrogen) atoms. The molecule has 0 heterocycles. The molecule has 0 aromatic rings. The van der Waals surface area contributed by atoms with E-state index in [-0.39, 0.29) is 12.3 Å². The van der Waals surface area contributed by atoms with Crippen molar-refractivity contribution >= 4 is 11.9 Å². The number of carbonyl (C=O) groups is 2. The van der Waals surface area contributed by atoms with Crippen molar-refractivity contribution in [2.45, 2.75) is 58.3 Å². The van der Waals surface area contributed by atoms with Gasteiger partial charge in [-0.1, -0.05) is 26.2 Å². The SMILES string of the molecule is CC1CCCC(CCNC(=O)CCCC(=O)O)C1. The molecule has 4 nitrogen and oxygen atoms in total. The van der Waals surface area contributed by atoms with Gasteiger partial charge in [0, 0.05) is 19.4 Å². The topological polar surface area (TPSA) is 66.4 Å². The van der Waals surface area contributed by atoms with Crippen molar-refractivity contribution < 1.29 is 14.7 Å². The molecule has 0 aromatic heterocycles. The summed E-state index contributed by atoms with van der Waals surface area (Å²) >= 11 is 0. The molecule has 2 unspecified atom stereocenters. The monoisotopic (exact) mass is 255 g/mol. The van der Waals surface area contributed by atoms with Crippen molar-refractivity contribution in [2.75, 3.05) is 6.54 Å². The van der Waals surface area contributed by atoms with E-state index < -0.39 is 5.97 Å². The van der Waals surface area contributed by atoms with Crippen LogP contribution in [0.15, 0.2) is 0 Å². The van der Waals surface area contributed by atoms with E-state index in [2.05, 4.69) is 12.2 Å². The van der Waals surface area contributed by atoms with Crippen molar-refractivity contribution in [3.63, 3.8) is 0 Å². The van der Waals surface area contributed by atoms with Crippen LogP contribution in [0.1, 0.15) is 58.3 Å². The standard InChI is InChI=1S/C14H25NO3/c1-11-4-2-5-12(10-11)8-9-15-13(16)6-3-7-14(17)18/h11-12H,2-10H2,1H3,(H,15,16)(H,17,18). The van der Waals surface area contributed by atoms with Crippen LogP contribution in [0, 0.1) is 11.8 Å². The second-order valence-corrected chi connectivity index (χ2v) is 5.52. The molecular weight excluding hydrogens is 230 g/mol. The lowest BCUT2D eigenvalue weighted by Gasteiger charge is -2.26. The van der Waals surface area contributed by atoms with E-state index in [1.807, 2.05) is 0 Å². The molecule has 4 heteroatoms. The highest BCUT2D eigenvalue weighted by atomic mass is 16.4. The first kappa shape index (κ1) is 15.0. The molecule has 1 aliphatic rings. The van der Waals surface area contributed by atoms with Gasteiger partial charge in [0.25, 0.3) is 0 Å². The number of nitrogens with one attached hydrogen (secondary N) is 1. The van der Waals surface area contributed by atoms with Gasteiger partial charge in [-0.05, 0) is 31.1 Å². The van der Waals surface area contributed by atoms with Gasteiger partial charge in [-0.15, -0.1) is 0 Å². The Morgan fingerprint density at radius 2 is 2.06 bits per heavy atom. The lowest BCUT2D eigenvalue weighted by Crippen LogP contribution is -2.27. The van der Waals surface area contributed by atoms with Gasteiger partial charge in [-0.2, -0.15) is 0 Å². The highest BCUT2D eigenvalue weighted by molar-refractivity contribution is 5.76. The van der Waals surface area contributed by atoms with E-state index in [0.29, 0.717) is 12.8 Å². The predicted molar refractivity (Wildman–Crippen MR) is 70.2 cm³/mol. The minimum atomic E-state index is -0.834. The number of hydrogen-bond donors (Lipinski definition) is 2. The lowest BCUT2D eigenvalue weighted by atomic mass is 9.81. The first-order valence-corrected chi connectivity index (χ1v) is 7.06. The van der Waals surface area contributed by atoms with Gasteiger partial charge < -0.3 is 10.4 Å². The Labute approximate surface area is 109 Å². The van der Waals surface area contributed by atoms with Crippen LogP contribution < -0.4 is 5.32 Å². The first-order valence-electron chi connectivity index (χ1n) is 7.06. The number of carbonyl (C=O) groups excluding carboxylic acids is 1. The fourth-order valence-electron chi connectivity index (χ4n) is 2.73. The van der Waals surface area contributed by atoms with Gasteiger partial charge in [-0.3, -0.25) is 9.59 Å². The van der Waals surface area contributed by atoms with Gasteiger partial charge in [0.05, 0.1) is 0 Å². The number of carboxylic acid groups (broad SMARTS) is 1. The molecule has 1 rings (SSSR count). The van der Waals surface area contributed by atoms with Crippen LogP contribution >= 0.6 is 0 Å². The Bertz CT molecular complexity index is 278. The molecule has 0 radical (unpaired) electrons. The zero-order chi connectivity index (χ0) is 13.4. The number of carboxylic acids is 1. The average Bonchev–Trinajstić information content (AvgIpc) is 2.28. The summed E-state index contributed by atoms with van der Waals surface area (Å²) in [5, 5.41) is 11.4. The van der Waals surface area contributed by atoms with Crippen LogP contribution in [0.2, 0.25) is 0 Å². The summed E-state index contributed by atoms with van der Waals surface area (Å²) in [5.74, 6) is 0.738. The normalized spacial score (nSPS) is 23.6. The number of aliphatic carboxylic acids is 1. The molecule has 0 spiro atoms. The molecule has 1 aliphatic carbocycles. The number of amides is 1. The zero-order valence-electron chi connectivity index (χ0n) is 11.3. The van der Waals surface area contributed by atoms with Gasteiger partial charge in [0.1, 0.15) is 0 Å². The number of hydrogen-bond acceptors (Lipinski definition) is 2. The summed E-state index contributed by atoms with van der Waals surface area (Å²) in [6, 6.07) is 0. The molecule has 0 aliphatic heterocycles. The molecule has 0 saturated heterocycles. The first-order chi connectivity index (χ1) is 8.58. The smallest absolute Gasteiger partial charge is 0.303 e. The molecule has 1 saturated carbocycles. The molecule has 1 fully saturated rings. The van der Waals surface area contributed by atoms with Crippen LogP contribution in [-0.4, -0.2) is 23.5 Å². The van der Waals surface area contributed by atoms with Crippen LogP contribution in [-0.2, 0) is 9.59 Å². The Hall–Kier alpha value is -1.06. The highest BCUT2D eigenvalue weighted by Crippen LogP contribution is 2.30. The van der Waals surface area contributed by atoms with Crippen molar-refractivity contribution in [3.05, 3.63) is 0 Å². The third-order valence-electron chi connectivity index (χ3n) is 3.71. The maximum atomic E-state index is 11.4. The third-order valence-corrected chi connectivity index (χ3v) is 3.71. The van der Waals surface area contributed by atoms with Gasteiger partial charge in [-0.25, -0.2) is 0 Å². The molecular formula is C14H25NO3. The maximum Gasteiger partial charge on any atom is 0.303 e. The van der Waals surface area contributed by atoms with E-state index in [0.717, 1.165) is 24.8 Å². The molecule has 0 bridgehead atoms. The van der Waals surface area contributed by atoms with Crippen molar-refractivity contribution in [1.29, 1.82) is 0 Å². The van der Waals surface area contributed by atoms with Crippen LogP contribution in [0.3, 0.4) is 0 Å². The van der Waals surface area contributed by atoms with Crippen molar-refractivity contribution in [2.24, 2.45) is 11.8 Å². The molecule has 0 aromatic carbocycles. The maximum absolute atomic E-state index is 11.4. The minimum absolute atomic E-state index is 0.0138. The predicted octanol–water partition coefficient (Wildman–Crippen LogP) is 2.57. The minimum Gasteiger partial charge on any atom is -0.481 e. The van der Waals surface area contributed by atoms with E-state index >= 15 is 0 Å². The summed E-state index contributed by atoms with van der Waals surface area (Å²) in [5.41, 5.74) is 0. The molecule has 104 valence electrons. The molecule has 2 atom stereocenters. The summed E-state index contributed by atoms with van der Waals surface area (Å²) < 4.78 is 0. The van der Waals surface area contributed by atoms with Crippen LogP contribution in [0.4, 0.5) is 0 Å². The summed E-state index contributed by atoms with van der Waals surface area (Å²) in [6.45, 7) is 3.04. The summed E-state index contributed by atoms with van der Waals surface area (Å²) in [7, 11) is 0. The Kier molecular flexibility index (Phi) is 6.76. The third kappa shape index (κ3) is 6.62. The summed E-state index contributed by atoms with van der Waals surface area (Å²) in [4.78, 5) is 21.7. The van der Waals surface area contributed by atoms with E-state index in [1.165, 1.54) is 25.7 Å². The molecule has 1 amide bonds. The summed E-state index contributed by atoms with van der Waals surface area (Å²) in [6.07, 6.45) is 7.14. The van der Waals surface area contributed by atoms with E-state index in [4.69, 9.17) is 5.11 Å². The second kappa shape index (κ2) is 8.11. The van der Waals surface area contributed by atoms with E-state index in [1.54, 1.807) is 0 Å². The Balaban J connectivity index is 2.02. The zero-order valence-corrected chi connectivity index (χ0v) is 11.3. The highest BCUT2D eigenvalue weighted by Gasteiger charge is 2.18. The largest absolute Gasteiger partial charge is 0.481 e.